The molecule has 0 aromatic heterocycles. The molecule has 0 heterocycles. The van der Waals surface area contributed by atoms with E-state index in [1.807, 2.05) is 48.5 Å². The van der Waals surface area contributed by atoms with E-state index in [0.717, 1.165) is 5.56 Å². The van der Waals surface area contributed by atoms with Gasteiger partial charge in [0.15, 0.2) is 0 Å². The molecule has 2 rings (SSSR count). The molecular weight excluding hydrogens is 246 g/mol. The lowest BCUT2D eigenvalue weighted by Gasteiger charge is -2.17. The standard InChI is InChI=1S/C14H13NO2S/c16-14(17)15(13-9-5-2-6-10-13)18-11-12-7-3-1-4-8-12/h1-10H,11H2,(H,16,17). The summed E-state index contributed by atoms with van der Waals surface area (Å²) in [5.74, 6) is 0.627. The lowest BCUT2D eigenvalue weighted by atomic mass is 10.2. The van der Waals surface area contributed by atoms with E-state index in [0.29, 0.717) is 11.4 Å². The molecule has 0 aliphatic rings. The van der Waals surface area contributed by atoms with Crippen LogP contribution in [0.25, 0.3) is 0 Å². The third kappa shape index (κ3) is 3.28. The Kier molecular flexibility index (Phi) is 4.25. The SMILES string of the molecule is O=C(O)N(SCc1ccccc1)c1ccccc1. The Bertz CT molecular complexity index is 502. The molecule has 0 unspecified atom stereocenters. The third-order valence-electron chi connectivity index (χ3n) is 2.37. The van der Waals surface area contributed by atoms with E-state index in [1.54, 1.807) is 12.1 Å². The van der Waals surface area contributed by atoms with Crippen LogP contribution in [-0.2, 0) is 5.75 Å². The number of nitrogens with zero attached hydrogens (tertiary/aromatic N) is 1. The minimum atomic E-state index is -0.956. The molecule has 18 heavy (non-hydrogen) atoms. The summed E-state index contributed by atoms with van der Waals surface area (Å²) in [6.07, 6.45) is -0.956. The van der Waals surface area contributed by atoms with Crippen molar-refractivity contribution in [2.24, 2.45) is 0 Å². The van der Waals surface area contributed by atoms with Gasteiger partial charge in [0.25, 0.3) is 0 Å². The number of hydrogen-bond acceptors (Lipinski definition) is 2. The van der Waals surface area contributed by atoms with Crippen LogP contribution >= 0.6 is 11.9 Å². The van der Waals surface area contributed by atoms with Crippen LogP contribution in [0.1, 0.15) is 5.56 Å². The first-order chi connectivity index (χ1) is 8.77. The van der Waals surface area contributed by atoms with Crippen molar-refractivity contribution in [3.63, 3.8) is 0 Å². The van der Waals surface area contributed by atoms with Gasteiger partial charge in [-0.1, -0.05) is 48.5 Å². The summed E-state index contributed by atoms with van der Waals surface area (Å²) in [6.45, 7) is 0. The van der Waals surface area contributed by atoms with Crippen molar-refractivity contribution in [2.75, 3.05) is 4.31 Å². The van der Waals surface area contributed by atoms with Crippen molar-refractivity contribution in [3.05, 3.63) is 66.2 Å². The predicted octanol–water partition coefficient (Wildman–Crippen LogP) is 4.02. The zero-order valence-corrected chi connectivity index (χ0v) is 10.5. The van der Waals surface area contributed by atoms with Crippen LogP contribution in [0, 0.1) is 0 Å². The third-order valence-corrected chi connectivity index (χ3v) is 3.46. The average Bonchev–Trinajstić information content (AvgIpc) is 2.41. The summed E-state index contributed by atoms with van der Waals surface area (Å²) in [6, 6.07) is 18.9. The summed E-state index contributed by atoms with van der Waals surface area (Å²) in [7, 11) is 0. The van der Waals surface area contributed by atoms with Gasteiger partial charge in [0.2, 0.25) is 0 Å². The lowest BCUT2D eigenvalue weighted by Crippen LogP contribution is -2.21. The van der Waals surface area contributed by atoms with Crippen molar-refractivity contribution in [3.8, 4) is 0 Å². The first kappa shape index (κ1) is 12.5. The first-order valence-corrected chi connectivity index (χ1v) is 6.46. The fourth-order valence-electron chi connectivity index (χ4n) is 1.52. The van der Waals surface area contributed by atoms with Crippen molar-refractivity contribution in [2.45, 2.75) is 5.75 Å². The van der Waals surface area contributed by atoms with Crippen LogP contribution in [0.5, 0.6) is 0 Å². The zero-order chi connectivity index (χ0) is 12.8. The number of rotatable bonds is 4. The van der Waals surface area contributed by atoms with E-state index in [9.17, 15) is 9.90 Å². The molecular formula is C14H13NO2S. The van der Waals surface area contributed by atoms with Crippen molar-refractivity contribution in [1.82, 2.24) is 0 Å². The summed E-state index contributed by atoms with van der Waals surface area (Å²) in [5, 5.41) is 9.21. The quantitative estimate of drug-likeness (QED) is 0.843. The highest BCUT2D eigenvalue weighted by molar-refractivity contribution is 8.00. The Morgan fingerprint density at radius 1 is 1.00 bits per heavy atom. The summed E-state index contributed by atoms with van der Waals surface area (Å²) >= 11 is 1.27. The van der Waals surface area contributed by atoms with Gasteiger partial charge < -0.3 is 5.11 Å². The Balaban J connectivity index is 2.06. The number of carbonyl (C=O) groups is 1. The monoisotopic (exact) mass is 259 g/mol. The molecule has 3 nitrogen and oxygen atoms in total. The summed E-state index contributed by atoms with van der Waals surface area (Å²) < 4.78 is 1.28. The van der Waals surface area contributed by atoms with E-state index in [4.69, 9.17) is 0 Å². The van der Waals surface area contributed by atoms with Gasteiger partial charge in [0, 0.05) is 5.75 Å². The van der Waals surface area contributed by atoms with E-state index < -0.39 is 6.09 Å². The second-order valence-electron chi connectivity index (χ2n) is 3.67. The summed E-state index contributed by atoms with van der Waals surface area (Å²) in [5.41, 5.74) is 1.77. The molecule has 0 atom stereocenters. The maximum atomic E-state index is 11.2. The number of hydrogen-bond donors (Lipinski definition) is 1. The molecule has 0 fully saturated rings. The Morgan fingerprint density at radius 2 is 1.56 bits per heavy atom. The average molecular weight is 259 g/mol. The second-order valence-corrected chi connectivity index (χ2v) is 4.58. The molecule has 0 spiro atoms. The van der Waals surface area contributed by atoms with Crippen LogP contribution in [0.3, 0.4) is 0 Å². The second kappa shape index (κ2) is 6.12. The maximum absolute atomic E-state index is 11.2. The zero-order valence-electron chi connectivity index (χ0n) is 9.69. The highest BCUT2D eigenvalue weighted by Gasteiger charge is 2.14. The van der Waals surface area contributed by atoms with Gasteiger partial charge >= 0.3 is 6.09 Å². The molecule has 2 aromatic rings. The first-order valence-electron chi connectivity index (χ1n) is 5.52. The molecule has 4 heteroatoms. The summed E-state index contributed by atoms with van der Waals surface area (Å²) in [4.78, 5) is 11.2. The van der Waals surface area contributed by atoms with Gasteiger partial charge in [-0.05, 0) is 29.6 Å². The maximum Gasteiger partial charge on any atom is 0.422 e. The lowest BCUT2D eigenvalue weighted by molar-refractivity contribution is 0.206. The Labute approximate surface area is 110 Å². The fraction of sp³-hybridized carbons (Fsp3) is 0.0714. The van der Waals surface area contributed by atoms with Crippen LogP contribution in [0.4, 0.5) is 10.5 Å². The van der Waals surface area contributed by atoms with E-state index in [1.165, 1.54) is 16.3 Å². The van der Waals surface area contributed by atoms with Gasteiger partial charge in [0.1, 0.15) is 0 Å². The molecule has 0 bridgehead atoms. The van der Waals surface area contributed by atoms with Gasteiger partial charge in [-0.15, -0.1) is 0 Å². The Morgan fingerprint density at radius 3 is 2.11 bits per heavy atom. The smallest absolute Gasteiger partial charge is 0.422 e. The molecule has 0 radical (unpaired) electrons. The molecule has 92 valence electrons. The minimum Gasteiger partial charge on any atom is -0.464 e. The van der Waals surface area contributed by atoms with Crippen molar-refractivity contribution in [1.29, 1.82) is 0 Å². The van der Waals surface area contributed by atoms with E-state index in [-0.39, 0.29) is 0 Å². The fourth-order valence-corrected chi connectivity index (χ4v) is 2.37. The van der Waals surface area contributed by atoms with Crippen molar-refractivity contribution >= 4 is 23.7 Å². The van der Waals surface area contributed by atoms with Gasteiger partial charge in [-0.25, -0.2) is 9.10 Å². The van der Waals surface area contributed by atoms with Gasteiger partial charge in [-0.2, -0.15) is 0 Å². The van der Waals surface area contributed by atoms with Gasteiger partial charge in [-0.3, -0.25) is 0 Å². The van der Waals surface area contributed by atoms with Gasteiger partial charge in [0.05, 0.1) is 5.69 Å². The predicted molar refractivity (Wildman–Crippen MR) is 74.7 cm³/mol. The molecule has 0 aliphatic heterocycles. The number of anilines is 1. The Hall–Kier alpha value is -1.94. The molecule has 0 aliphatic carbocycles. The van der Waals surface area contributed by atoms with Crippen LogP contribution in [0.2, 0.25) is 0 Å². The van der Waals surface area contributed by atoms with Crippen molar-refractivity contribution < 1.29 is 9.90 Å². The number of para-hydroxylation sites is 1. The number of carboxylic acid groups (broad SMARTS) is 1. The van der Waals surface area contributed by atoms with E-state index in [2.05, 4.69) is 0 Å². The molecule has 0 saturated carbocycles. The largest absolute Gasteiger partial charge is 0.464 e. The normalized spacial score (nSPS) is 10.0. The molecule has 2 aromatic carbocycles. The number of benzene rings is 2. The van der Waals surface area contributed by atoms with Crippen LogP contribution < -0.4 is 4.31 Å². The van der Waals surface area contributed by atoms with Crippen LogP contribution in [0.15, 0.2) is 60.7 Å². The molecule has 1 N–H and O–H groups in total. The highest BCUT2D eigenvalue weighted by Crippen LogP contribution is 2.25. The highest BCUT2D eigenvalue weighted by atomic mass is 32.2. The molecule has 1 amide bonds. The number of amides is 1. The topological polar surface area (TPSA) is 40.5 Å². The van der Waals surface area contributed by atoms with Crippen LogP contribution in [-0.4, -0.2) is 11.2 Å². The molecule has 0 saturated heterocycles. The van der Waals surface area contributed by atoms with E-state index >= 15 is 0 Å². The minimum absolute atomic E-state index is 0.627.